The maximum absolute atomic E-state index is 11.8. The van der Waals surface area contributed by atoms with Gasteiger partial charge in [0.05, 0.1) is 6.61 Å². The number of nitrogens with one attached hydrogen (secondary N) is 2. The highest BCUT2D eigenvalue weighted by Gasteiger charge is 2.25. The minimum absolute atomic E-state index is 0. The van der Waals surface area contributed by atoms with Crippen molar-refractivity contribution in [3.8, 4) is 5.75 Å². The molecule has 1 unspecified atom stereocenters. The Morgan fingerprint density at radius 3 is 2.85 bits per heavy atom. The van der Waals surface area contributed by atoms with E-state index in [2.05, 4.69) is 41.6 Å². The summed E-state index contributed by atoms with van der Waals surface area (Å²) in [6, 6.07) is 8.36. The van der Waals surface area contributed by atoms with Crippen molar-refractivity contribution in [1.29, 1.82) is 0 Å². The monoisotopic (exact) mass is 488 g/mol. The summed E-state index contributed by atoms with van der Waals surface area (Å²) in [5, 5.41) is 6.76. The summed E-state index contributed by atoms with van der Waals surface area (Å²) in [4.78, 5) is 18.0. The van der Waals surface area contributed by atoms with Gasteiger partial charge in [-0.3, -0.25) is 9.79 Å². The fourth-order valence-corrected chi connectivity index (χ4v) is 2.91. The van der Waals surface area contributed by atoms with Crippen LogP contribution in [0.15, 0.2) is 29.3 Å². The Morgan fingerprint density at radius 2 is 2.19 bits per heavy atom. The fourth-order valence-electron chi connectivity index (χ4n) is 2.91. The first-order chi connectivity index (χ1) is 12.5. The molecule has 6 nitrogen and oxygen atoms in total. The predicted molar refractivity (Wildman–Crippen MR) is 121 cm³/mol. The van der Waals surface area contributed by atoms with Gasteiger partial charge in [-0.2, -0.15) is 0 Å². The first-order valence-corrected chi connectivity index (χ1v) is 9.48. The zero-order valence-corrected chi connectivity index (χ0v) is 19.2. The minimum Gasteiger partial charge on any atom is -0.493 e. The summed E-state index contributed by atoms with van der Waals surface area (Å²) in [6.07, 6.45) is 1.51. The van der Waals surface area contributed by atoms with Crippen LogP contribution in [0.5, 0.6) is 5.75 Å². The van der Waals surface area contributed by atoms with Crippen molar-refractivity contribution < 1.29 is 9.53 Å². The number of nitrogens with zero attached hydrogens (tertiary/aromatic N) is 2. The van der Waals surface area contributed by atoms with Crippen LogP contribution in [-0.4, -0.2) is 49.6 Å². The van der Waals surface area contributed by atoms with E-state index in [0.29, 0.717) is 18.9 Å². The van der Waals surface area contributed by atoms with Gasteiger partial charge in [0.1, 0.15) is 5.75 Å². The topological polar surface area (TPSA) is 66.0 Å². The van der Waals surface area contributed by atoms with Gasteiger partial charge in [-0.15, -0.1) is 24.0 Å². The van der Waals surface area contributed by atoms with E-state index in [0.717, 1.165) is 43.4 Å². The maximum atomic E-state index is 11.8. The van der Waals surface area contributed by atoms with Gasteiger partial charge in [0.25, 0.3) is 0 Å². The van der Waals surface area contributed by atoms with Crippen LogP contribution in [0.2, 0.25) is 0 Å². The van der Waals surface area contributed by atoms with Crippen molar-refractivity contribution in [1.82, 2.24) is 15.5 Å². The van der Waals surface area contributed by atoms with Gasteiger partial charge < -0.3 is 20.3 Å². The van der Waals surface area contributed by atoms with Crippen molar-refractivity contribution in [2.45, 2.75) is 46.2 Å². The molecule has 0 spiro atoms. The van der Waals surface area contributed by atoms with E-state index < -0.39 is 0 Å². The number of rotatable bonds is 7. The summed E-state index contributed by atoms with van der Waals surface area (Å²) in [6.45, 7) is 9.13. The van der Waals surface area contributed by atoms with Crippen molar-refractivity contribution in [3.05, 3.63) is 29.8 Å². The molecule has 1 heterocycles. The van der Waals surface area contributed by atoms with Crippen LogP contribution in [0.3, 0.4) is 0 Å². The third-order valence-corrected chi connectivity index (χ3v) is 4.35. The SMILES string of the molecule is CCC(=O)N1CCC(NC(=NC)NCc2cccc(OCC(C)C)c2)C1.I. The molecule has 7 heteroatoms. The molecule has 1 aromatic carbocycles. The highest BCUT2D eigenvalue weighted by molar-refractivity contribution is 14.0. The molecule has 1 atom stereocenters. The summed E-state index contributed by atoms with van der Waals surface area (Å²) in [5.74, 6) is 2.38. The van der Waals surface area contributed by atoms with E-state index in [4.69, 9.17) is 4.74 Å². The number of likely N-dealkylation sites (tertiary alicyclic amines) is 1. The number of aliphatic imine (C=N–C) groups is 1. The van der Waals surface area contributed by atoms with E-state index in [1.807, 2.05) is 24.0 Å². The maximum Gasteiger partial charge on any atom is 0.222 e. The van der Waals surface area contributed by atoms with Gasteiger partial charge in [-0.25, -0.2) is 0 Å². The van der Waals surface area contributed by atoms with Gasteiger partial charge in [0, 0.05) is 39.1 Å². The van der Waals surface area contributed by atoms with Crippen LogP contribution in [-0.2, 0) is 11.3 Å². The lowest BCUT2D eigenvalue weighted by atomic mass is 10.2. The number of amides is 1. The van der Waals surface area contributed by atoms with E-state index in [1.54, 1.807) is 7.05 Å². The van der Waals surface area contributed by atoms with Crippen molar-refractivity contribution in [3.63, 3.8) is 0 Å². The Bertz CT molecular complexity index is 622. The molecule has 2 N–H and O–H groups in total. The second kappa shape index (κ2) is 12.0. The van der Waals surface area contributed by atoms with Gasteiger partial charge >= 0.3 is 0 Å². The lowest BCUT2D eigenvalue weighted by molar-refractivity contribution is -0.129. The molecular formula is C20H33IN4O2. The Hall–Kier alpha value is -1.51. The number of guanidine groups is 1. The van der Waals surface area contributed by atoms with E-state index in [1.165, 1.54) is 0 Å². The molecule has 1 fully saturated rings. The van der Waals surface area contributed by atoms with E-state index in [-0.39, 0.29) is 35.9 Å². The summed E-state index contributed by atoms with van der Waals surface area (Å²) in [7, 11) is 1.77. The first-order valence-electron chi connectivity index (χ1n) is 9.48. The van der Waals surface area contributed by atoms with E-state index >= 15 is 0 Å². The molecule has 0 aromatic heterocycles. The Balaban J connectivity index is 0.00000364. The quantitative estimate of drug-likeness (QED) is 0.352. The third-order valence-electron chi connectivity index (χ3n) is 4.35. The normalized spacial score (nSPS) is 16.9. The number of benzene rings is 1. The molecule has 2 rings (SSSR count). The average molecular weight is 488 g/mol. The zero-order valence-electron chi connectivity index (χ0n) is 16.8. The second-order valence-corrected chi connectivity index (χ2v) is 7.10. The summed E-state index contributed by atoms with van der Waals surface area (Å²) in [5.41, 5.74) is 1.14. The molecule has 0 saturated carbocycles. The van der Waals surface area contributed by atoms with Gasteiger partial charge in [-0.1, -0.05) is 32.9 Å². The molecule has 0 bridgehead atoms. The lowest BCUT2D eigenvalue weighted by Gasteiger charge is -2.19. The van der Waals surface area contributed by atoms with Crippen LogP contribution < -0.4 is 15.4 Å². The van der Waals surface area contributed by atoms with Crippen molar-refractivity contribution in [2.75, 3.05) is 26.7 Å². The third kappa shape index (κ3) is 7.94. The second-order valence-electron chi connectivity index (χ2n) is 7.10. The standard InChI is InChI=1S/C20H32N4O2.HI/c1-5-19(25)24-10-9-17(13-24)23-20(21-4)22-12-16-7-6-8-18(11-16)26-14-15(2)3;/h6-8,11,15,17H,5,9-10,12-14H2,1-4H3,(H2,21,22,23);1H. The fraction of sp³-hybridized carbons (Fsp3) is 0.600. The highest BCUT2D eigenvalue weighted by atomic mass is 127. The zero-order chi connectivity index (χ0) is 18.9. The molecule has 0 aliphatic carbocycles. The van der Waals surface area contributed by atoms with Crippen LogP contribution in [0.4, 0.5) is 0 Å². The number of carbonyl (C=O) groups is 1. The van der Waals surface area contributed by atoms with Crippen LogP contribution in [0.1, 0.15) is 39.2 Å². The average Bonchev–Trinajstić information content (AvgIpc) is 3.11. The first kappa shape index (κ1) is 23.5. The molecule has 1 aliphatic rings. The molecule has 1 aliphatic heterocycles. The molecule has 0 radical (unpaired) electrons. The molecule has 1 saturated heterocycles. The summed E-state index contributed by atoms with van der Waals surface area (Å²) < 4.78 is 5.78. The molecule has 152 valence electrons. The van der Waals surface area contributed by atoms with Crippen LogP contribution >= 0.6 is 24.0 Å². The van der Waals surface area contributed by atoms with Gasteiger partial charge in [0.2, 0.25) is 5.91 Å². The largest absolute Gasteiger partial charge is 0.493 e. The number of halogens is 1. The molecule has 1 amide bonds. The summed E-state index contributed by atoms with van der Waals surface area (Å²) >= 11 is 0. The van der Waals surface area contributed by atoms with Gasteiger partial charge in [-0.05, 0) is 30.0 Å². The van der Waals surface area contributed by atoms with Crippen molar-refractivity contribution in [2.24, 2.45) is 10.9 Å². The van der Waals surface area contributed by atoms with E-state index in [9.17, 15) is 4.79 Å². The smallest absolute Gasteiger partial charge is 0.222 e. The highest BCUT2D eigenvalue weighted by Crippen LogP contribution is 2.14. The predicted octanol–water partition coefficient (Wildman–Crippen LogP) is 3.02. The number of ether oxygens (including phenoxy) is 1. The Morgan fingerprint density at radius 1 is 1.41 bits per heavy atom. The number of hydrogen-bond acceptors (Lipinski definition) is 3. The molecule has 1 aromatic rings. The molecular weight excluding hydrogens is 455 g/mol. The lowest BCUT2D eigenvalue weighted by Crippen LogP contribution is -2.44. The van der Waals surface area contributed by atoms with Crippen LogP contribution in [0, 0.1) is 5.92 Å². The Kier molecular flexibility index (Phi) is 10.5. The Labute approximate surface area is 180 Å². The minimum atomic E-state index is 0. The van der Waals surface area contributed by atoms with Crippen molar-refractivity contribution >= 4 is 35.8 Å². The van der Waals surface area contributed by atoms with Gasteiger partial charge in [0.15, 0.2) is 5.96 Å². The molecule has 27 heavy (non-hydrogen) atoms. The van der Waals surface area contributed by atoms with Crippen LogP contribution in [0.25, 0.3) is 0 Å². The number of carbonyl (C=O) groups excluding carboxylic acids is 1. The number of hydrogen-bond donors (Lipinski definition) is 2.